The van der Waals surface area contributed by atoms with E-state index in [1.54, 1.807) is 0 Å². The van der Waals surface area contributed by atoms with Crippen LogP contribution in [0.3, 0.4) is 0 Å². The molecule has 2 unspecified atom stereocenters. The van der Waals surface area contributed by atoms with Crippen LogP contribution in [0, 0.1) is 0 Å². The lowest BCUT2D eigenvalue weighted by molar-refractivity contribution is 0.640. The SMILES string of the molecule is CC1c2c(c3ccccc3n2-c2ccccc2)C=CC1c1ccc2c(c1)c1ccccc1n2-c1ccc(-c2cccc3c2oc2ccccc23)c2ccccc12. The second-order valence-electron chi connectivity index (χ2n) is 15.2. The summed E-state index contributed by atoms with van der Waals surface area (Å²) in [5, 5.41) is 8.53. The Kier molecular flexibility index (Phi) is 6.67. The third-order valence-electron chi connectivity index (χ3n) is 12.3. The van der Waals surface area contributed by atoms with Crippen molar-refractivity contribution in [2.24, 2.45) is 0 Å². The Morgan fingerprint density at radius 3 is 1.96 bits per heavy atom. The second-order valence-corrected chi connectivity index (χ2v) is 15.2. The number of aromatic nitrogens is 2. The average molecular weight is 717 g/mol. The van der Waals surface area contributed by atoms with E-state index in [0.717, 1.165) is 27.5 Å². The minimum absolute atomic E-state index is 0.224. The topological polar surface area (TPSA) is 23.0 Å². The molecule has 0 saturated carbocycles. The van der Waals surface area contributed by atoms with Crippen molar-refractivity contribution >= 4 is 71.5 Å². The number of allylic oxidation sites excluding steroid dienone is 1. The third-order valence-corrected chi connectivity index (χ3v) is 12.3. The lowest BCUT2D eigenvalue weighted by atomic mass is 9.79. The van der Waals surface area contributed by atoms with Gasteiger partial charge in [-0.15, -0.1) is 0 Å². The molecule has 3 nitrogen and oxygen atoms in total. The molecule has 1 aliphatic rings. The molecule has 8 aromatic carbocycles. The molecule has 2 atom stereocenters. The normalized spacial score (nSPS) is 15.5. The molecule has 3 heteroatoms. The maximum atomic E-state index is 6.53. The number of furan rings is 1. The summed E-state index contributed by atoms with van der Waals surface area (Å²) in [4.78, 5) is 0. The van der Waals surface area contributed by atoms with Crippen LogP contribution in [0.2, 0.25) is 0 Å². The number of fused-ring (bicyclic) bond motifs is 10. The molecule has 0 saturated heterocycles. The monoisotopic (exact) mass is 716 g/mol. The van der Waals surface area contributed by atoms with Crippen LogP contribution in [-0.4, -0.2) is 9.13 Å². The molecule has 3 aromatic heterocycles. The van der Waals surface area contributed by atoms with Crippen LogP contribution in [-0.2, 0) is 0 Å². The van der Waals surface area contributed by atoms with Gasteiger partial charge in [0.1, 0.15) is 11.2 Å². The molecule has 1 aliphatic carbocycles. The fourth-order valence-corrected chi connectivity index (χ4v) is 9.83. The summed E-state index contributed by atoms with van der Waals surface area (Å²) in [5.41, 5.74) is 14.2. The van der Waals surface area contributed by atoms with Crippen molar-refractivity contribution in [2.45, 2.75) is 18.8 Å². The minimum atomic E-state index is 0.224. The maximum absolute atomic E-state index is 6.53. The number of rotatable bonds is 4. The van der Waals surface area contributed by atoms with Gasteiger partial charge >= 0.3 is 0 Å². The molecular formula is C53H36N2O. The summed E-state index contributed by atoms with van der Waals surface area (Å²) in [6, 6.07) is 63.9. The Morgan fingerprint density at radius 2 is 1.12 bits per heavy atom. The van der Waals surface area contributed by atoms with Gasteiger partial charge in [-0.25, -0.2) is 0 Å². The number of benzene rings is 8. The molecule has 3 heterocycles. The van der Waals surface area contributed by atoms with E-state index in [4.69, 9.17) is 4.42 Å². The number of hydrogen-bond acceptors (Lipinski definition) is 1. The molecule has 0 radical (unpaired) electrons. The summed E-state index contributed by atoms with van der Waals surface area (Å²) in [6.07, 6.45) is 4.80. The fraction of sp³-hybridized carbons (Fsp3) is 0.0566. The average Bonchev–Trinajstić information content (AvgIpc) is 3.92. The minimum Gasteiger partial charge on any atom is -0.455 e. The highest BCUT2D eigenvalue weighted by molar-refractivity contribution is 6.15. The quantitative estimate of drug-likeness (QED) is 0.178. The summed E-state index contributed by atoms with van der Waals surface area (Å²) >= 11 is 0. The third kappa shape index (κ3) is 4.40. The Bertz CT molecular complexity index is 3390. The fourth-order valence-electron chi connectivity index (χ4n) is 9.83. The van der Waals surface area contributed by atoms with Crippen molar-refractivity contribution in [1.82, 2.24) is 9.13 Å². The molecule has 56 heavy (non-hydrogen) atoms. The molecule has 0 bridgehead atoms. The second kappa shape index (κ2) is 11.9. The van der Waals surface area contributed by atoms with E-state index in [9.17, 15) is 0 Å². The van der Waals surface area contributed by atoms with Crippen LogP contribution in [0.25, 0.3) is 94.0 Å². The summed E-state index contributed by atoms with van der Waals surface area (Å²) < 4.78 is 11.5. The highest BCUT2D eigenvalue weighted by atomic mass is 16.3. The van der Waals surface area contributed by atoms with E-state index in [1.165, 1.54) is 77.2 Å². The Balaban J connectivity index is 1.02. The molecule has 264 valence electrons. The van der Waals surface area contributed by atoms with Gasteiger partial charge in [-0.2, -0.15) is 0 Å². The Morgan fingerprint density at radius 1 is 0.464 bits per heavy atom. The molecule has 0 amide bonds. The molecule has 0 spiro atoms. The first-order chi connectivity index (χ1) is 27.7. The van der Waals surface area contributed by atoms with Crippen molar-refractivity contribution in [3.63, 3.8) is 0 Å². The first-order valence-corrected chi connectivity index (χ1v) is 19.6. The van der Waals surface area contributed by atoms with E-state index < -0.39 is 0 Å². The molecule has 0 aliphatic heterocycles. The zero-order valence-corrected chi connectivity index (χ0v) is 30.9. The summed E-state index contributed by atoms with van der Waals surface area (Å²) in [5.74, 6) is 0.489. The predicted octanol–water partition coefficient (Wildman–Crippen LogP) is 14.4. The van der Waals surface area contributed by atoms with Gasteiger partial charge in [0.25, 0.3) is 0 Å². The van der Waals surface area contributed by atoms with Gasteiger partial charge in [-0.1, -0.05) is 146 Å². The van der Waals surface area contributed by atoms with Crippen LogP contribution in [0.15, 0.2) is 186 Å². The lowest BCUT2D eigenvalue weighted by Gasteiger charge is -2.28. The number of para-hydroxylation sites is 5. The van der Waals surface area contributed by atoms with Crippen LogP contribution in [0.1, 0.15) is 35.6 Å². The highest BCUT2D eigenvalue weighted by Gasteiger charge is 2.31. The smallest absolute Gasteiger partial charge is 0.143 e. The van der Waals surface area contributed by atoms with Crippen LogP contribution < -0.4 is 0 Å². The van der Waals surface area contributed by atoms with Gasteiger partial charge in [0.05, 0.1) is 22.2 Å². The number of hydrogen-bond donors (Lipinski definition) is 0. The van der Waals surface area contributed by atoms with Crippen molar-refractivity contribution in [1.29, 1.82) is 0 Å². The van der Waals surface area contributed by atoms with Crippen molar-refractivity contribution < 1.29 is 4.42 Å². The van der Waals surface area contributed by atoms with Crippen molar-refractivity contribution in [2.75, 3.05) is 0 Å². The van der Waals surface area contributed by atoms with E-state index >= 15 is 0 Å². The predicted molar refractivity (Wildman–Crippen MR) is 234 cm³/mol. The summed E-state index contributed by atoms with van der Waals surface area (Å²) in [6.45, 7) is 2.40. The van der Waals surface area contributed by atoms with Crippen LogP contribution in [0.5, 0.6) is 0 Å². The van der Waals surface area contributed by atoms with Gasteiger partial charge in [0, 0.05) is 66.7 Å². The van der Waals surface area contributed by atoms with Gasteiger partial charge in [0.2, 0.25) is 0 Å². The van der Waals surface area contributed by atoms with E-state index in [1.807, 2.05) is 6.07 Å². The lowest BCUT2D eigenvalue weighted by Crippen LogP contribution is -2.14. The maximum Gasteiger partial charge on any atom is 0.143 e. The highest BCUT2D eigenvalue weighted by Crippen LogP contribution is 2.47. The van der Waals surface area contributed by atoms with Gasteiger partial charge < -0.3 is 13.6 Å². The Hall–Kier alpha value is -7.10. The van der Waals surface area contributed by atoms with Gasteiger partial charge in [0.15, 0.2) is 0 Å². The Labute approximate surface area is 324 Å². The van der Waals surface area contributed by atoms with Crippen molar-refractivity contribution in [3.05, 3.63) is 199 Å². The molecule has 0 N–H and O–H groups in total. The van der Waals surface area contributed by atoms with E-state index in [0.29, 0.717) is 0 Å². The first kappa shape index (κ1) is 31.3. The van der Waals surface area contributed by atoms with E-state index in [-0.39, 0.29) is 11.8 Å². The van der Waals surface area contributed by atoms with Gasteiger partial charge in [-0.3, -0.25) is 0 Å². The van der Waals surface area contributed by atoms with Crippen LogP contribution >= 0.6 is 0 Å². The van der Waals surface area contributed by atoms with Gasteiger partial charge in [-0.05, 0) is 65.0 Å². The first-order valence-electron chi connectivity index (χ1n) is 19.6. The van der Waals surface area contributed by atoms with Crippen molar-refractivity contribution in [3.8, 4) is 22.5 Å². The summed E-state index contributed by atoms with van der Waals surface area (Å²) in [7, 11) is 0. The largest absolute Gasteiger partial charge is 0.455 e. The number of nitrogens with zero attached hydrogens (tertiary/aromatic N) is 2. The molecule has 0 fully saturated rings. The van der Waals surface area contributed by atoms with Crippen LogP contribution in [0.4, 0.5) is 0 Å². The zero-order chi connectivity index (χ0) is 36.9. The molecule has 11 aromatic rings. The molecule has 12 rings (SSSR count). The molecular weight excluding hydrogens is 681 g/mol. The standard InChI is InChI=1S/C53H36N2O/c1-33-36(27-28-43-40-18-7-10-23-47(40)54(52(33)43)35-14-3-2-4-15-35)34-26-30-50-46(32-34)41-19-8-11-24-48(41)55(50)49-31-29-38(37-16-5-6-17-39(37)49)44-21-13-22-45-42-20-9-12-25-51(42)56-53(44)45/h2-33,36H,1H3. The zero-order valence-electron chi connectivity index (χ0n) is 30.9. The van der Waals surface area contributed by atoms with E-state index in [2.05, 4.69) is 198 Å².